The molecule has 2 heteroatoms. The third-order valence-electron chi connectivity index (χ3n) is 9.41. The molecular weight excluding hydrogens is 605 g/mol. The molecule has 11 rings (SSSR count). The number of rotatable bonds is 5. The van der Waals surface area contributed by atoms with Crippen LogP contribution >= 0.6 is 0 Å². The third kappa shape index (κ3) is 3.79. The molecule has 0 radical (unpaired) electrons. The quantitative estimate of drug-likeness (QED) is 0.133. The molecule has 11 aromatic rings. The lowest BCUT2D eigenvalue weighted by molar-refractivity contribution is 1.17. The van der Waals surface area contributed by atoms with Crippen LogP contribution in [0.15, 0.2) is 182 Å². The van der Waals surface area contributed by atoms with Crippen LogP contribution in [0, 0.1) is 0 Å². The van der Waals surface area contributed by atoms with E-state index in [1.165, 1.54) is 0 Å². The van der Waals surface area contributed by atoms with Gasteiger partial charge in [0.1, 0.15) is 0 Å². The fourth-order valence-corrected chi connectivity index (χ4v) is 7.48. The lowest BCUT2D eigenvalue weighted by Crippen LogP contribution is -2.10. The highest BCUT2D eigenvalue weighted by atomic mass is 15.1. The summed E-state index contributed by atoms with van der Waals surface area (Å²) in [6.07, 6.45) is 0. The first kappa shape index (κ1) is 15.3. The van der Waals surface area contributed by atoms with Crippen LogP contribution in [0.4, 0.5) is 17.1 Å². The summed E-state index contributed by atoms with van der Waals surface area (Å²) in [5, 5.41) is 9.28. The van der Waals surface area contributed by atoms with E-state index in [0.29, 0.717) is 15.9 Å². The fraction of sp³-hybridized carbons (Fsp3) is 0. The van der Waals surface area contributed by atoms with E-state index < -0.39 is 137 Å². The van der Waals surface area contributed by atoms with E-state index in [0.717, 1.165) is 53.9 Å². The maximum Gasteiger partial charge on any atom is 0.0667 e. The van der Waals surface area contributed by atoms with Crippen molar-refractivity contribution in [1.29, 1.82) is 0 Å². The molecule has 0 saturated carbocycles. The van der Waals surface area contributed by atoms with E-state index in [-0.39, 0.29) is 5.69 Å². The highest BCUT2D eigenvalue weighted by molar-refractivity contribution is 6.44. The Labute approximate surface area is 314 Å². The number of hydrogen-bond donors (Lipinski definition) is 0. The molecule has 0 bridgehead atoms. The van der Waals surface area contributed by atoms with Gasteiger partial charge in [-0.3, -0.25) is 0 Å². The molecule has 1 heterocycles. The fourth-order valence-electron chi connectivity index (χ4n) is 7.48. The predicted molar refractivity (Wildman–Crippen MR) is 213 cm³/mol. The summed E-state index contributed by atoms with van der Waals surface area (Å²) in [5.74, 6) is 0. The number of aromatic nitrogens is 1. The second-order valence-corrected chi connectivity index (χ2v) is 11.9. The molecular formula is C48H30N2. The topological polar surface area (TPSA) is 8.17 Å². The van der Waals surface area contributed by atoms with E-state index >= 15 is 0 Å². The largest absolute Gasteiger partial charge is 0.310 e. The van der Waals surface area contributed by atoms with Crippen LogP contribution in [0.1, 0.15) is 24.7 Å². The van der Waals surface area contributed by atoms with Crippen molar-refractivity contribution in [3.05, 3.63) is 182 Å². The SMILES string of the molecule is [2H]c1c([2H])c([2H])c(-c2c([2H])c([2H])c(N(c3c([2H])c([2H])c([2H])c([2H])c3[2H])c3c([2H])c([2H])c([2H])c(-n4c5cccc6c7cccc8c9ccccc9c9ccc4c(c9c87)c65)c3[2H])c([2H])c2[2H])c([2H])c1[2H]. The Morgan fingerprint density at radius 3 is 1.70 bits per heavy atom. The van der Waals surface area contributed by atoms with Gasteiger partial charge in [0.25, 0.3) is 0 Å². The molecule has 0 N–H and O–H groups in total. The monoisotopic (exact) mass is 652 g/mol. The molecule has 0 aliphatic carbocycles. The van der Waals surface area contributed by atoms with Crippen molar-refractivity contribution in [3.8, 4) is 16.8 Å². The number of hydrogen-bond acceptors (Lipinski definition) is 1. The summed E-state index contributed by atoms with van der Waals surface area (Å²) in [6, 6.07) is 8.09. The van der Waals surface area contributed by atoms with Crippen molar-refractivity contribution in [3.63, 3.8) is 0 Å². The normalized spacial score (nSPS) is 17.0. The smallest absolute Gasteiger partial charge is 0.0667 e. The minimum absolute atomic E-state index is 0.274. The minimum atomic E-state index is -1.01. The Morgan fingerprint density at radius 1 is 0.380 bits per heavy atom. The van der Waals surface area contributed by atoms with Crippen LogP contribution < -0.4 is 4.90 Å². The van der Waals surface area contributed by atoms with E-state index in [9.17, 15) is 11.0 Å². The highest BCUT2D eigenvalue weighted by Gasteiger charge is 2.24. The van der Waals surface area contributed by atoms with Gasteiger partial charge >= 0.3 is 0 Å². The highest BCUT2D eigenvalue weighted by Crippen LogP contribution is 2.49. The molecule has 232 valence electrons. The van der Waals surface area contributed by atoms with Gasteiger partial charge in [0.15, 0.2) is 0 Å². The van der Waals surface area contributed by atoms with Gasteiger partial charge < -0.3 is 9.47 Å². The Kier molecular flexibility index (Phi) is 3.19. The van der Waals surface area contributed by atoms with Crippen LogP contribution in [-0.4, -0.2) is 4.57 Å². The molecule has 0 saturated heterocycles. The van der Waals surface area contributed by atoms with E-state index in [1.807, 2.05) is 54.6 Å². The van der Waals surface area contributed by atoms with Crippen LogP contribution in [0.5, 0.6) is 0 Å². The number of nitrogens with zero attached hydrogens (tertiary/aromatic N) is 2. The predicted octanol–water partition coefficient (Wildman–Crippen LogP) is 13.4. The molecule has 0 aliphatic rings. The summed E-state index contributed by atoms with van der Waals surface area (Å²) in [4.78, 5) is 0.649. The van der Waals surface area contributed by atoms with Crippen LogP contribution in [0.2, 0.25) is 0 Å². The molecule has 10 aromatic carbocycles. The Bertz CT molecular complexity index is 4000. The maximum absolute atomic E-state index is 10.1. The molecule has 2 nitrogen and oxygen atoms in total. The van der Waals surface area contributed by atoms with Gasteiger partial charge in [0, 0.05) is 38.9 Å². The van der Waals surface area contributed by atoms with Crippen molar-refractivity contribution < 1.29 is 24.7 Å². The van der Waals surface area contributed by atoms with E-state index in [2.05, 4.69) is 12.1 Å². The van der Waals surface area contributed by atoms with Crippen LogP contribution in [0.25, 0.3) is 81.7 Å². The van der Waals surface area contributed by atoms with Crippen LogP contribution in [0.3, 0.4) is 0 Å². The van der Waals surface area contributed by atoms with Gasteiger partial charge in [-0.15, -0.1) is 0 Å². The summed E-state index contributed by atoms with van der Waals surface area (Å²) < 4.78 is 163. The first-order chi connectivity index (χ1) is 32.3. The van der Waals surface area contributed by atoms with Gasteiger partial charge in [-0.05, 0) is 103 Å². The zero-order valence-corrected chi connectivity index (χ0v) is 25.8. The van der Waals surface area contributed by atoms with Crippen molar-refractivity contribution in [2.24, 2.45) is 0 Å². The van der Waals surface area contributed by atoms with E-state index in [1.54, 1.807) is 10.6 Å². The lowest BCUT2D eigenvalue weighted by Gasteiger charge is -2.26. The van der Waals surface area contributed by atoms with Gasteiger partial charge in [-0.25, -0.2) is 0 Å². The first-order valence-corrected chi connectivity index (χ1v) is 15.8. The Balaban J connectivity index is 1.30. The summed E-state index contributed by atoms with van der Waals surface area (Å²) >= 11 is 0. The van der Waals surface area contributed by atoms with E-state index in [4.69, 9.17) is 13.7 Å². The molecule has 0 aliphatic heterocycles. The van der Waals surface area contributed by atoms with Crippen molar-refractivity contribution in [2.75, 3.05) is 4.90 Å². The summed E-state index contributed by atoms with van der Waals surface area (Å²) in [6.45, 7) is 0. The second kappa shape index (κ2) is 10.4. The van der Waals surface area contributed by atoms with Gasteiger partial charge in [-0.2, -0.15) is 0 Å². The van der Waals surface area contributed by atoms with Gasteiger partial charge in [0.05, 0.1) is 35.7 Å². The molecule has 0 amide bonds. The third-order valence-corrected chi connectivity index (χ3v) is 9.41. The van der Waals surface area contributed by atoms with Crippen molar-refractivity contribution >= 4 is 82.0 Å². The summed E-state index contributed by atoms with van der Waals surface area (Å²) in [7, 11) is 0. The zero-order valence-electron chi connectivity index (χ0n) is 43.8. The lowest BCUT2D eigenvalue weighted by atomic mass is 9.86. The zero-order chi connectivity index (χ0) is 48.4. The molecule has 50 heavy (non-hydrogen) atoms. The molecule has 0 spiro atoms. The number of fused-ring (bicyclic) bond motifs is 4. The van der Waals surface area contributed by atoms with Crippen LogP contribution in [-0.2, 0) is 0 Å². The standard InChI is InChI=1S/C48H30N2/c1-3-12-31(13-4-1)32-24-26-34(27-25-32)49(33-14-5-2-6-15-33)35-16-9-17-36(30-35)50-43-23-11-22-41-40-21-10-20-39-37-18-7-8-19-38(37)42-28-29-44(50)48(46(41)43)47(42)45(39)40/h1-30H/i1D,2D,3D,4D,5D,6D,9D,12D,13D,14D,15D,16D,17D,24D,25D,26D,27D,30D. The second-order valence-electron chi connectivity index (χ2n) is 11.9. The Hall–Kier alpha value is -6.64. The van der Waals surface area contributed by atoms with Crippen molar-refractivity contribution in [2.45, 2.75) is 0 Å². The average molecular weight is 653 g/mol. The Morgan fingerprint density at radius 2 is 0.940 bits per heavy atom. The first-order valence-electron chi connectivity index (χ1n) is 24.8. The minimum Gasteiger partial charge on any atom is -0.310 e. The molecule has 0 fully saturated rings. The molecule has 1 aromatic heterocycles. The number of anilines is 3. The molecule has 0 atom stereocenters. The van der Waals surface area contributed by atoms with Gasteiger partial charge in [-0.1, -0.05) is 127 Å². The van der Waals surface area contributed by atoms with Gasteiger partial charge in [0.2, 0.25) is 0 Å². The summed E-state index contributed by atoms with van der Waals surface area (Å²) in [5.41, 5.74) is -3.01. The average Bonchev–Trinajstić information content (AvgIpc) is 3.67. The van der Waals surface area contributed by atoms with Crippen molar-refractivity contribution in [1.82, 2.24) is 4.57 Å². The number of para-hydroxylation sites is 1. The maximum atomic E-state index is 10.1. The number of benzene rings is 10. The molecule has 0 unspecified atom stereocenters.